The molecule has 0 saturated heterocycles. The topological polar surface area (TPSA) is 51.8 Å². The van der Waals surface area contributed by atoms with Gasteiger partial charge in [-0.1, -0.05) is 165 Å². The summed E-state index contributed by atoms with van der Waals surface area (Å²) in [5, 5.41) is 3.45. The summed E-state index contributed by atoms with van der Waals surface area (Å²) >= 11 is 0. The lowest BCUT2D eigenvalue weighted by Gasteiger charge is -2.12. The normalized spacial score (nSPS) is 13.7. The van der Waals surface area contributed by atoms with Crippen LogP contribution in [0.4, 0.5) is 0 Å². The molecule has 1 atom stereocenters. The highest BCUT2D eigenvalue weighted by molar-refractivity contribution is 6.03. The zero-order valence-electron chi connectivity index (χ0n) is 29.8. The van der Waals surface area contributed by atoms with Crippen LogP contribution >= 0.6 is 0 Å². The fraction of sp³-hybridized carbons (Fsp3) is 0.0600. The van der Waals surface area contributed by atoms with Gasteiger partial charge in [-0.05, 0) is 68.3 Å². The molecular formula is C50H35N3O. The van der Waals surface area contributed by atoms with Crippen LogP contribution in [0.25, 0.3) is 95.4 Å². The molecule has 0 spiro atoms. The zero-order chi connectivity index (χ0) is 36.0. The lowest BCUT2D eigenvalue weighted by Crippen LogP contribution is -2.00. The Morgan fingerprint density at radius 2 is 0.963 bits per heavy atom. The van der Waals surface area contributed by atoms with Crippen molar-refractivity contribution in [2.24, 2.45) is 5.92 Å². The number of hydrogen-bond donors (Lipinski definition) is 0. The van der Waals surface area contributed by atoms with Gasteiger partial charge >= 0.3 is 0 Å². The lowest BCUT2D eigenvalue weighted by molar-refractivity contribution is 0.513. The number of benzene rings is 7. The van der Waals surface area contributed by atoms with Crippen molar-refractivity contribution in [3.63, 3.8) is 0 Å². The minimum atomic E-state index is 0.472. The third-order valence-electron chi connectivity index (χ3n) is 10.5. The number of allylic oxidation sites excluding steroid dienone is 1. The number of furan rings is 1. The van der Waals surface area contributed by atoms with Crippen LogP contribution in [0.5, 0.6) is 0 Å². The molecule has 4 nitrogen and oxygen atoms in total. The number of hydrogen-bond acceptors (Lipinski definition) is 4. The quantitative estimate of drug-likeness (QED) is 0.174. The van der Waals surface area contributed by atoms with E-state index in [-0.39, 0.29) is 0 Å². The van der Waals surface area contributed by atoms with E-state index in [2.05, 4.69) is 171 Å². The predicted molar refractivity (Wildman–Crippen MR) is 222 cm³/mol. The van der Waals surface area contributed by atoms with E-state index < -0.39 is 0 Å². The summed E-state index contributed by atoms with van der Waals surface area (Å²) in [6, 6.07) is 57.3. The van der Waals surface area contributed by atoms with Crippen molar-refractivity contribution in [2.75, 3.05) is 0 Å². The van der Waals surface area contributed by atoms with Crippen LogP contribution < -0.4 is 0 Å². The molecule has 1 unspecified atom stereocenters. The zero-order valence-corrected chi connectivity index (χ0v) is 29.8. The molecule has 0 aliphatic heterocycles. The number of rotatable bonds is 6. The van der Waals surface area contributed by atoms with E-state index in [0.29, 0.717) is 23.4 Å². The highest BCUT2D eigenvalue weighted by atomic mass is 16.3. The fourth-order valence-electron chi connectivity index (χ4n) is 7.61. The summed E-state index contributed by atoms with van der Waals surface area (Å²) in [5.74, 6) is 3.44. The van der Waals surface area contributed by atoms with Gasteiger partial charge in [-0.15, -0.1) is 0 Å². The van der Waals surface area contributed by atoms with Gasteiger partial charge in [0.05, 0.1) is 0 Å². The van der Waals surface area contributed by atoms with Crippen LogP contribution in [-0.2, 0) is 6.42 Å². The molecule has 10 rings (SSSR count). The van der Waals surface area contributed by atoms with Gasteiger partial charge in [-0.2, -0.15) is 0 Å². The van der Waals surface area contributed by atoms with Crippen LogP contribution in [0.15, 0.2) is 174 Å². The monoisotopic (exact) mass is 693 g/mol. The van der Waals surface area contributed by atoms with E-state index in [1.807, 2.05) is 12.1 Å². The van der Waals surface area contributed by atoms with E-state index in [1.165, 1.54) is 27.6 Å². The molecule has 54 heavy (non-hydrogen) atoms. The average Bonchev–Trinajstić information content (AvgIpc) is 3.62. The molecule has 1 aliphatic rings. The second kappa shape index (κ2) is 13.3. The lowest BCUT2D eigenvalue weighted by atomic mass is 9.91. The summed E-state index contributed by atoms with van der Waals surface area (Å²) in [7, 11) is 0. The van der Waals surface area contributed by atoms with Crippen LogP contribution in [0.1, 0.15) is 18.2 Å². The molecule has 9 aromatic rings. The standard InChI is InChI=1S/C50H35N3O/c1-32-15-28-44-46(29-32)54-45-14-8-13-43(47(44)45)40-26-20-37-21-27-41(31-42(37)30-40)50-52-48(38-22-16-35(17-23-38)33-9-4-2-5-10-33)51-49(53-50)39-24-18-36(19-25-39)34-11-6-3-7-12-34/h2-28,30-32H,29H2,1H3. The van der Waals surface area contributed by atoms with E-state index in [1.54, 1.807) is 0 Å². The summed E-state index contributed by atoms with van der Waals surface area (Å²) in [6.07, 6.45) is 5.44. The molecule has 0 radical (unpaired) electrons. The molecule has 0 N–H and O–H groups in total. The van der Waals surface area contributed by atoms with Gasteiger partial charge < -0.3 is 4.42 Å². The van der Waals surface area contributed by atoms with Crippen LogP contribution in [-0.4, -0.2) is 15.0 Å². The molecule has 7 aromatic carbocycles. The van der Waals surface area contributed by atoms with Gasteiger partial charge in [-0.25, -0.2) is 15.0 Å². The Morgan fingerprint density at radius 1 is 0.463 bits per heavy atom. The molecule has 0 fully saturated rings. The first-order valence-electron chi connectivity index (χ1n) is 18.5. The van der Waals surface area contributed by atoms with Crippen molar-refractivity contribution >= 4 is 27.8 Å². The average molecular weight is 694 g/mol. The van der Waals surface area contributed by atoms with Crippen molar-refractivity contribution in [1.29, 1.82) is 0 Å². The van der Waals surface area contributed by atoms with Crippen molar-refractivity contribution in [2.45, 2.75) is 13.3 Å². The summed E-state index contributed by atoms with van der Waals surface area (Å²) < 4.78 is 6.37. The van der Waals surface area contributed by atoms with Crippen LogP contribution in [0.2, 0.25) is 0 Å². The number of fused-ring (bicyclic) bond motifs is 4. The molecule has 2 heterocycles. The van der Waals surface area contributed by atoms with Crippen molar-refractivity contribution < 1.29 is 4.42 Å². The smallest absolute Gasteiger partial charge is 0.164 e. The Morgan fingerprint density at radius 3 is 1.57 bits per heavy atom. The Kier molecular flexibility index (Phi) is 7.80. The Labute approximate surface area is 314 Å². The van der Waals surface area contributed by atoms with Gasteiger partial charge in [0, 0.05) is 34.1 Å². The third-order valence-corrected chi connectivity index (χ3v) is 10.5. The molecule has 2 aromatic heterocycles. The number of aromatic nitrogens is 3. The first kappa shape index (κ1) is 31.8. The maximum absolute atomic E-state index is 6.37. The summed E-state index contributed by atoms with van der Waals surface area (Å²) in [4.78, 5) is 15.2. The van der Waals surface area contributed by atoms with Crippen molar-refractivity contribution in [1.82, 2.24) is 15.0 Å². The maximum atomic E-state index is 6.37. The van der Waals surface area contributed by atoms with Gasteiger partial charge in [0.1, 0.15) is 11.3 Å². The highest BCUT2D eigenvalue weighted by Gasteiger charge is 2.21. The van der Waals surface area contributed by atoms with Crippen LogP contribution in [0, 0.1) is 5.92 Å². The molecule has 1 aliphatic carbocycles. The van der Waals surface area contributed by atoms with Gasteiger partial charge in [0.2, 0.25) is 0 Å². The number of nitrogens with zero attached hydrogens (tertiary/aromatic N) is 3. The molecule has 256 valence electrons. The summed E-state index contributed by atoms with van der Waals surface area (Å²) in [6.45, 7) is 2.23. The molecule has 0 saturated carbocycles. The predicted octanol–water partition coefficient (Wildman–Crippen LogP) is 13.0. The van der Waals surface area contributed by atoms with E-state index in [9.17, 15) is 0 Å². The first-order chi connectivity index (χ1) is 26.6. The van der Waals surface area contributed by atoms with Crippen molar-refractivity contribution in [3.05, 3.63) is 181 Å². The van der Waals surface area contributed by atoms with Crippen LogP contribution in [0.3, 0.4) is 0 Å². The Bertz CT molecular complexity index is 2740. The van der Waals surface area contributed by atoms with Gasteiger partial charge in [0.25, 0.3) is 0 Å². The van der Waals surface area contributed by atoms with Crippen molar-refractivity contribution in [3.8, 4) is 67.5 Å². The molecule has 0 bridgehead atoms. The second-order valence-electron chi connectivity index (χ2n) is 14.1. The molecular weight excluding hydrogens is 659 g/mol. The Balaban J connectivity index is 1.07. The minimum Gasteiger partial charge on any atom is -0.460 e. The fourth-order valence-corrected chi connectivity index (χ4v) is 7.61. The van der Waals surface area contributed by atoms with E-state index in [0.717, 1.165) is 61.9 Å². The molecule has 4 heteroatoms. The highest BCUT2D eigenvalue weighted by Crippen LogP contribution is 2.40. The summed E-state index contributed by atoms with van der Waals surface area (Å²) in [5.41, 5.74) is 11.9. The van der Waals surface area contributed by atoms with E-state index >= 15 is 0 Å². The third kappa shape index (κ3) is 5.88. The molecule has 0 amide bonds. The second-order valence-corrected chi connectivity index (χ2v) is 14.1. The minimum absolute atomic E-state index is 0.472. The maximum Gasteiger partial charge on any atom is 0.164 e. The van der Waals surface area contributed by atoms with E-state index in [4.69, 9.17) is 19.4 Å². The first-order valence-corrected chi connectivity index (χ1v) is 18.5. The van der Waals surface area contributed by atoms with Gasteiger partial charge in [-0.3, -0.25) is 0 Å². The van der Waals surface area contributed by atoms with Gasteiger partial charge in [0.15, 0.2) is 17.5 Å². The largest absolute Gasteiger partial charge is 0.460 e. The Hall–Kier alpha value is -6.91. The SMILES string of the molecule is CC1C=Cc2c(oc3cccc(-c4ccc5ccc(-c6nc(-c7ccc(-c8ccccc8)cc7)nc(-c7ccc(-c8ccccc8)cc7)n6)cc5c4)c23)C1.